The molecule has 0 radical (unpaired) electrons. The molecule has 19 heavy (non-hydrogen) atoms. The number of fused-ring (bicyclic) bond motifs is 1. The molecule has 1 aliphatic rings. The van der Waals surface area contributed by atoms with Gasteiger partial charge in [-0.2, -0.15) is 0 Å². The number of halogens is 1. The van der Waals surface area contributed by atoms with E-state index in [4.69, 9.17) is 10.2 Å². The number of hydrogen-bond acceptors (Lipinski definition) is 3. The van der Waals surface area contributed by atoms with Gasteiger partial charge in [0.2, 0.25) is 0 Å². The maximum absolute atomic E-state index is 12.4. The molecule has 1 aromatic carbocycles. The zero-order valence-electron chi connectivity index (χ0n) is 10.5. The fraction of sp³-hybridized carbons (Fsp3) is 0.357. The highest BCUT2D eigenvalue weighted by Gasteiger charge is 2.24. The van der Waals surface area contributed by atoms with E-state index in [1.807, 2.05) is 29.2 Å². The topological polar surface area (TPSA) is 59.5 Å². The number of para-hydroxylation sites is 1. The Morgan fingerprint density at radius 2 is 2.16 bits per heavy atom. The maximum atomic E-state index is 12.4. The van der Waals surface area contributed by atoms with Crippen LogP contribution in [0.3, 0.4) is 0 Å². The average Bonchev–Trinajstić information content (AvgIpc) is 2.82. The summed E-state index contributed by atoms with van der Waals surface area (Å²) in [6.07, 6.45) is 3.52. The third kappa shape index (κ3) is 2.60. The van der Waals surface area contributed by atoms with Crippen molar-refractivity contribution >= 4 is 29.3 Å². The molecule has 1 aliphatic heterocycles. The lowest BCUT2D eigenvalue weighted by Gasteiger charge is -2.30. The van der Waals surface area contributed by atoms with E-state index in [1.165, 1.54) is 0 Å². The van der Waals surface area contributed by atoms with E-state index in [-0.39, 0.29) is 24.4 Å². The highest BCUT2D eigenvalue weighted by Crippen LogP contribution is 2.23. The molecule has 1 atom stereocenters. The van der Waals surface area contributed by atoms with Gasteiger partial charge in [0.25, 0.3) is 5.91 Å². The van der Waals surface area contributed by atoms with Crippen molar-refractivity contribution in [2.45, 2.75) is 18.9 Å². The minimum absolute atomic E-state index is 0. The van der Waals surface area contributed by atoms with Crippen molar-refractivity contribution in [1.29, 1.82) is 0 Å². The summed E-state index contributed by atoms with van der Waals surface area (Å²) < 4.78 is 5.41. The van der Waals surface area contributed by atoms with Crippen LogP contribution in [0.1, 0.15) is 23.2 Å². The molecule has 0 aliphatic carbocycles. The molecule has 1 aromatic heterocycles. The zero-order chi connectivity index (χ0) is 12.5. The molecule has 1 unspecified atom stereocenters. The Balaban J connectivity index is 0.00000133. The second-order valence-electron chi connectivity index (χ2n) is 4.80. The summed E-state index contributed by atoms with van der Waals surface area (Å²) in [6.45, 7) is 1.42. The predicted octanol–water partition coefficient (Wildman–Crippen LogP) is 2.42. The largest absolute Gasteiger partial charge is 0.463 e. The lowest BCUT2D eigenvalue weighted by molar-refractivity contribution is 0.0710. The van der Waals surface area contributed by atoms with Crippen LogP contribution in [0, 0.1) is 0 Å². The number of nitrogens with two attached hydrogens (primary N) is 1. The smallest absolute Gasteiger partial charge is 0.257 e. The molecule has 0 bridgehead atoms. The fourth-order valence-corrected chi connectivity index (χ4v) is 2.51. The Morgan fingerprint density at radius 3 is 2.95 bits per heavy atom. The van der Waals surface area contributed by atoms with Gasteiger partial charge < -0.3 is 15.1 Å². The molecular formula is C14H17ClN2O2. The molecule has 0 saturated carbocycles. The number of amides is 1. The molecule has 1 amide bonds. The Kier molecular flexibility index (Phi) is 4.12. The molecule has 3 rings (SSSR count). The highest BCUT2D eigenvalue weighted by molar-refractivity contribution is 6.05. The van der Waals surface area contributed by atoms with Crippen LogP contribution in [-0.2, 0) is 0 Å². The quantitative estimate of drug-likeness (QED) is 0.873. The molecule has 2 N–H and O–H groups in total. The van der Waals surface area contributed by atoms with Crippen molar-refractivity contribution in [3.05, 3.63) is 36.1 Å². The van der Waals surface area contributed by atoms with Gasteiger partial charge >= 0.3 is 0 Å². The third-order valence-corrected chi connectivity index (χ3v) is 3.46. The monoisotopic (exact) mass is 280 g/mol. The Labute approximate surface area is 118 Å². The van der Waals surface area contributed by atoms with Crippen LogP contribution in [0.2, 0.25) is 0 Å². The van der Waals surface area contributed by atoms with Crippen LogP contribution >= 0.6 is 12.4 Å². The summed E-state index contributed by atoms with van der Waals surface area (Å²) in [4.78, 5) is 14.3. The summed E-state index contributed by atoms with van der Waals surface area (Å²) in [5.41, 5.74) is 7.30. The number of benzene rings is 1. The van der Waals surface area contributed by atoms with Gasteiger partial charge in [0.05, 0.1) is 5.56 Å². The average molecular weight is 281 g/mol. The third-order valence-electron chi connectivity index (χ3n) is 3.46. The van der Waals surface area contributed by atoms with Crippen molar-refractivity contribution in [2.24, 2.45) is 5.73 Å². The number of furan rings is 1. The van der Waals surface area contributed by atoms with Gasteiger partial charge in [-0.1, -0.05) is 18.2 Å². The summed E-state index contributed by atoms with van der Waals surface area (Å²) in [7, 11) is 0. The summed E-state index contributed by atoms with van der Waals surface area (Å²) >= 11 is 0. The molecule has 2 heterocycles. The molecule has 4 nitrogen and oxygen atoms in total. The Bertz CT molecular complexity index is 582. The van der Waals surface area contributed by atoms with Crippen LogP contribution < -0.4 is 5.73 Å². The lowest BCUT2D eigenvalue weighted by atomic mass is 10.1. The first kappa shape index (κ1) is 13.9. The molecule has 1 fully saturated rings. The maximum Gasteiger partial charge on any atom is 0.257 e. The van der Waals surface area contributed by atoms with E-state index >= 15 is 0 Å². The van der Waals surface area contributed by atoms with Crippen molar-refractivity contribution in [3.8, 4) is 0 Å². The van der Waals surface area contributed by atoms with Crippen LogP contribution in [0.5, 0.6) is 0 Å². The molecule has 1 saturated heterocycles. The standard InChI is InChI=1S/C14H16N2O2.ClH/c15-10-4-3-7-16(8-10)14(17)12-9-18-13-6-2-1-5-11(12)13;/h1-2,5-6,9-10H,3-4,7-8,15H2;1H. The minimum Gasteiger partial charge on any atom is -0.463 e. The number of rotatable bonds is 1. The zero-order valence-corrected chi connectivity index (χ0v) is 11.4. The van der Waals surface area contributed by atoms with Crippen LogP contribution in [0.25, 0.3) is 11.0 Å². The second-order valence-corrected chi connectivity index (χ2v) is 4.80. The fourth-order valence-electron chi connectivity index (χ4n) is 2.51. The van der Waals surface area contributed by atoms with E-state index in [0.717, 1.165) is 30.4 Å². The molecule has 2 aromatic rings. The van der Waals surface area contributed by atoms with E-state index in [1.54, 1.807) is 6.26 Å². The van der Waals surface area contributed by atoms with Gasteiger partial charge in [-0.15, -0.1) is 12.4 Å². The summed E-state index contributed by atoms with van der Waals surface area (Å²) in [6, 6.07) is 7.69. The highest BCUT2D eigenvalue weighted by atomic mass is 35.5. The number of carbonyl (C=O) groups excluding carboxylic acids is 1. The van der Waals surface area contributed by atoms with Gasteiger partial charge in [0, 0.05) is 24.5 Å². The van der Waals surface area contributed by atoms with E-state index in [9.17, 15) is 4.79 Å². The van der Waals surface area contributed by atoms with Crippen molar-refractivity contribution < 1.29 is 9.21 Å². The van der Waals surface area contributed by atoms with E-state index < -0.39 is 0 Å². The van der Waals surface area contributed by atoms with Gasteiger partial charge in [0.15, 0.2) is 0 Å². The van der Waals surface area contributed by atoms with Crippen molar-refractivity contribution in [2.75, 3.05) is 13.1 Å². The minimum atomic E-state index is 0. The van der Waals surface area contributed by atoms with Gasteiger partial charge in [0.1, 0.15) is 11.8 Å². The Hall–Kier alpha value is -1.52. The van der Waals surface area contributed by atoms with Crippen molar-refractivity contribution in [1.82, 2.24) is 4.90 Å². The predicted molar refractivity (Wildman–Crippen MR) is 76.6 cm³/mol. The first-order chi connectivity index (χ1) is 8.75. The van der Waals surface area contributed by atoms with E-state index in [2.05, 4.69) is 0 Å². The number of piperidine rings is 1. The molecular weight excluding hydrogens is 264 g/mol. The summed E-state index contributed by atoms with van der Waals surface area (Å²) in [5.74, 6) is 0.0232. The molecule has 5 heteroatoms. The summed E-state index contributed by atoms with van der Waals surface area (Å²) in [5, 5.41) is 0.877. The first-order valence-electron chi connectivity index (χ1n) is 6.27. The molecule has 0 spiro atoms. The van der Waals surface area contributed by atoms with E-state index in [0.29, 0.717) is 12.1 Å². The van der Waals surface area contributed by atoms with Gasteiger partial charge in [-0.05, 0) is 18.9 Å². The molecule has 102 valence electrons. The van der Waals surface area contributed by atoms with Gasteiger partial charge in [-0.3, -0.25) is 4.79 Å². The number of hydrogen-bond donors (Lipinski definition) is 1. The lowest BCUT2D eigenvalue weighted by Crippen LogP contribution is -2.45. The number of likely N-dealkylation sites (tertiary alicyclic amines) is 1. The van der Waals surface area contributed by atoms with Crippen LogP contribution in [0.4, 0.5) is 0 Å². The Morgan fingerprint density at radius 1 is 1.37 bits per heavy atom. The van der Waals surface area contributed by atoms with Crippen molar-refractivity contribution in [3.63, 3.8) is 0 Å². The first-order valence-corrected chi connectivity index (χ1v) is 6.27. The number of nitrogens with zero attached hydrogens (tertiary/aromatic N) is 1. The van der Waals surface area contributed by atoms with Crippen LogP contribution in [0.15, 0.2) is 34.9 Å². The SMILES string of the molecule is Cl.NC1CCCN(C(=O)c2coc3ccccc23)C1. The second kappa shape index (κ2) is 5.63. The van der Waals surface area contributed by atoms with Gasteiger partial charge in [-0.25, -0.2) is 0 Å². The van der Waals surface area contributed by atoms with Crippen LogP contribution in [-0.4, -0.2) is 29.9 Å². The number of carbonyl (C=O) groups is 1. The normalized spacial score (nSPS) is 19.2.